The van der Waals surface area contributed by atoms with Crippen molar-refractivity contribution < 1.29 is 4.74 Å². The average molecular weight is 207 g/mol. The fourth-order valence-corrected chi connectivity index (χ4v) is 1.86. The molecule has 2 rings (SSSR count). The van der Waals surface area contributed by atoms with Gasteiger partial charge < -0.3 is 10.5 Å². The molecular weight excluding hydrogens is 190 g/mol. The van der Waals surface area contributed by atoms with Gasteiger partial charge in [0.2, 0.25) is 0 Å². The van der Waals surface area contributed by atoms with E-state index in [2.05, 4.69) is 9.97 Å². The molecule has 1 aromatic heterocycles. The zero-order valence-corrected chi connectivity index (χ0v) is 9.07. The molecule has 2 N–H and O–H groups in total. The number of nitrogens with zero attached hydrogens (tertiary/aromatic N) is 2. The van der Waals surface area contributed by atoms with E-state index >= 15 is 0 Å². The van der Waals surface area contributed by atoms with E-state index in [1.54, 1.807) is 0 Å². The topological polar surface area (TPSA) is 61.0 Å². The Morgan fingerprint density at radius 2 is 2.40 bits per heavy atom. The highest BCUT2D eigenvalue weighted by Gasteiger charge is 2.20. The van der Waals surface area contributed by atoms with Gasteiger partial charge in [-0.05, 0) is 32.4 Å². The van der Waals surface area contributed by atoms with E-state index in [1.165, 1.54) is 0 Å². The molecule has 1 unspecified atom stereocenters. The number of nitrogens with two attached hydrogens (primary N) is 1. The van der Waals surface area contributed by atoms with E-state index in [0.29, 0.717) is 6.54 Å². The maximum atomic E-state index is 5.57. The van der Waals surface area contributed by atoms with Crippen LogP contribution >= 0.6 is 0 Å². The maximum Gasteiger partial charge on any atom is 0.157 e. The van der Waals surface area contributed by atoms with Crippen LogP contribution in [0.1, 0.15) is 36.2 Å². The van der Waals surface area contributed by atoms with E-state index in [4.69, 9.17) is 10.5 Å². The first kappa shape index (κ1) is 10.5. The Morgan fingerprint density at radius 3 is 3.07 bits per heavy atom. The summed E-state index contributed by atoms with van der Waals surface area (Å²) < 4.78 is 5.57. The second kappa shape index (κ2) is 4.68. The van der Waals surface area contributed by atoms with Crippen LogP contribution < -0.4 is 5.73 Å². The average Bonchev–Trinajstić information content (AvgIpc) is 2.70. The van der Waals surface area contributed by atoms with Crippen molar-refractivity contribution in [1.29, 1.82) is 0 Å². The molecule has 1 aliphatic rings. The highest BCUT2D eigenvalue weighted by atomic mass is 16.5. The number of hydrogen-bond acceptors (Lipinski definition) is 4. The molecule has 1 saturated heterocycles. The summed E-state index contributed by atoms with van der Waals surface area (Å²) in [5.41, 5.74) is 7.55. The predicted molar refractivity (Wildman–Crippen MR) is 57.5 cm³/mol. The third kappa shape index (κ3) is 2.52. The molecule has 0 aliphatic carbocycles. The molecule has 0 aromatic carbocycles. The van der Waals surface area contributed by atoms with Crippen molar-refractivity contribution in [1.82, 2.24) is 9.97 Å². The summed E-state index contributed by atoms with van der Waals surface area (Å²) in [7, 11) is 0. The Balaban J connectivity index is 2.22. The second-order valence-electron chi connectivity index (χ2n) is 3.90. The normalized spacial score (nSPS) is 20.8. The van der Waals surface area contributed by atoms with Gasteiger partial charge in [-0.3, -0.25) is 0 Å². The molecule has 1 aliphatic heterocycles. The van der Waals surface area contributed by atoms with Crippen molar-refractivity contribution >= 4 is 0 Å². The second-order valence-corrected chi connectivity index (χ2v) is 3.90. The standard InChI is InChI=1S/C11H17N3O/c1-8-7-9(4-5-12)14-11(13-8)10-3-2-6-15-10/h7,10H,2-6,12H2,1H3. The van der Waals surface area contributed by atoms with Crippen molar-refractivity contribution in [3.8, 4) is 0 Å². The summed E-state index contributed by atoms with van der Waals surface area (Å²) in [6.45, 7) is 3.44. The van der Waals surface area contributed by atoms with Crippen LogP contribution in [0.2, 0.25) is 0 Å². The number of hydrogen-bond donors (Lipinski definition) is 1. The number of ether oxygens (including phenoxy) is 1. The van der Waals surface area contributed by atoms with Gasteiger partial charge in [-0.15, -0.1) is 0 Å². The molecular formula is C11H17N3O. The smallest absolute Gasteiger partial charge is 0.157 e. The molecule has 2 heterocycles. The molecule has 15 heavy (non-hydrogen) atoms. The molecule has 82 valence electrons. The number of aromatic nitrogens is 2. The third-order valence-electron chi connectivity index (χ3n) is 2.54. The van der Waals surface area contributed by atoms with Gasteiger partial charge in [0.15, 0.2) is 5.82 Å². The molecule has 0 bridgehead atoms. The van der Waals surface area contributed by atoms with E-state index < -0.39 is 0 Å². The van der Waals surface area contributed by atoms with Gasteiger partial charge in [0.1, 0.15) is 6.10 Å². The van der Waals surface area contributed by atoms with Crippen LogP contribution in [0.3, 0.4) is 0 Å². The molecule has 4 nitrogen and oxygen atoms in total. The molecule has 0 spiro atoms. The minimum atomic E-state index is 0.0985. The van der Waals surface area contributed by atoms with Gasteiger partial charge in [0.05, 0.1) is 0 Å². The lowest BCUT2D eigenvalue weighted by Crippen LogP contribution is -2.10. The zero-order chi connectivity index (χ0) is 10.7. The minimum absolute atomic E-state index is 0.0985. The highest BCUT2D eigenvalue weighted by molar-refractivity contribution is 5.12. The predicted octanol–water partition coefficient (Wildman–Crippen LogP) is 1.14. The lowest BCUT2D eigenvalue weighted by Gasteiger charge is -2.10. The van der Waals surface area contributed by atoms with Gasteiger partial charge in [-0.1, -0.05) is 0 Å². The lowest BCUT2D eigenvalue weighted by atomic mass is 10.2. The molecule has 0 saturated carbocycles. The van der Waals surface area contributed by atoms with Crippen molar-refractivity contribution in [2.45, 2.75) is 32.3 Å². The van der Waals surface area contributed by atoms with Crippen molar-refractivity contribution in [3.05, 3.63) is 23.3 Å². The number of aryl methyl sites for hydroxylation is 1. The van der Waals surface area contributed by atoms with Crippen LogP contribution in [0.25, 0.3) is 0 Å². The van der Waals surface area contributed by atoms with Crippen LogP contribution in [0.5, 0.6) is 0 Å². The SMILES string of the molecule is Cc1cc(CCN)nc(C2CCCO2)n1. The zero-order valence-electron chi connectivity index (χ0n) is 9.07. The van der Waals surface area contributed by atoms with Crippen LogP contribution in [-0.2, 0) is 11.2 Å². The fraction of sp³-hybridized carbons (Fsp3) is 0.636. The van der Waals surface area contributed by atoms with Gasteiger partial charge in [0, 0.05) is 24.4 Å². The summed E-state index contributed by atoms with van der Waals surface area (Å²) in [6, 6.07) is 1.99. The van der Waals surface area contributed by atoms with Gasteiger partial charge in [-0.25, -0.2) is 9.97 Å². The monoisotopic (exact) mass is 207 g/mol. The number of rotatable bonds is 3. The summed E-state index contributed by atoms with van der Waals surface area (Å²) in [5.74, 6) is 0.830. The molecule has 4 heteroatoms. The quantitative estimate of drug-likeness (QED) is 0.807. The first-order valence-electron chi connectivity index (χ1n) is 5.45. The van der Waals surface area contributed by atoms with Gasteiger partial charge in [0.25, 0.3) is 0 Å². The van der Waals surface area contributed by atoms with Crippen molar-refractivity contribution in [3.63, 3.8) is 0 Å². The van der Waals surface area contributed by atoms with Crippen molar-refractivity contribution in [2.24, 2.45) is 5.73 Å². The van der Waals surface area contributed by atoms with Gasteiger partial charge >= 0.3 is 0 Å². The molecule has 1 aromatic rings. The summed E-state index contributed by atoms with van der Waals surface area (Å²) in [6.07, 6.45) is 3.05. The Hall–Kier alpha value is -1.00. The molecule has 1 fully saturated rings. The van der Waals surface area contributed by atoms with Crippen LogP contribution in [0.15, 0.2) is 6.07 Å². The summed E-state index contributed by atoms with van der Waals surface area (Å²) >= 11 is 0. The van der Waals surface area contributed by atoms with E-state index in [1.807, 2.05) is 13.0 Å². The lowest BCUT2D eigenvalue weighted by molar-refractivity contribution is 0.104. The first-order valence-corrected chi connectivity index (χ1v) is 5.45. The van der Waals surface area contributed by atoms with E-state index in [-0.39, 0.29) is 6.10 Å². The largest absolute Gasteiger partial charge is 0.370 e. The Bertz CT molecular complexity index is 335. The Morgan fingerprint density at radius 1 is 1.53 bits per heavy atom. The third-order valence-corrected chi connectivity index (χ3v) is 2.54. The van der Waals surface area contributed by atoms with E-state index in [0.717, 1.165) is 43.1 Å². The minimum Gasteiger partial charge on any atom is -0.370 e. The maximum absolute atomic E-state index is 5.57. The highest BCUT2D eigenvalue weighted by Crippen LogP contribution is 2.26. The Kier molecular flexibility index (Phi) is 3.28. The fourth-order valence-electron chi connectivity index (χ4n) is 1.86. The van der Waals surface area contributed by atoms with E-state index in [9.17, 15) is 0 Å². The Labute approximate surface area is 89.9 Å². The molecule has 1 atom stereocenters. The van der Waals surface area contributed by atoms with Crippen LogP contribution in [0, 0.1) is 6.92 Å². The summed E-state index contributed by atoms with van der Waals surface area (Å²) in [5, 5.41) is 0. The molecule has 0 radical (unpaired) electrons. The summed E-state index contributed by atoms with van der Waals surface area (Å²) in [4.78, 5) is 8.91. The van der Waals surface area contributed by atoms with Crippen molar-refractivity contribution in [2.75, 3.05) is 13.2 Å². The molecule has 0 amide bonds. The van der Waals surface area contributed by atoms with Gasteiger partial charge in [-0.2, -0.15) is 0 Å². The first-order chi connectivity index (χ1) is 7.29. The van der Waals surface area contributed by atoms with Crippen LogP contribution in [0.4, 0.5) is 0 Å². The van der Waals surface area contributed by atoms with Crippen LogP contribution in [-0.4, -0.2) is 23.1 Å².